The number of rotatable bonds is 6. The zero-order valence-corrected chi connectivity index (χ0v) is 17.3. The maximum atomic E-state index is 12.2. The summed E-state index contributed by atoms with van der Waals surface area (Å²) in [5, 5.41) is 4.80. The molecular weight excluding hydrogens is 386 g/mol. The van der Waals surface area contributed by atoms with Gasteiger partial charge in [0.2, 0.25) is 5.91 Å². The Morgan fingerprint density at radius 2 is 2.07 bits per heavy atom. The molecule has 1 saturated heterocycles. The van der Waals surface area contributed by atoms with Gasteiger partial charge in [-0.25, -0.2) is 0 Å². The molecule has 3 aromatic rings. The van der Waals surface area contributed by atoms with Crippen LogP contribution in [0.4, 0.5) is 5.69 Å². The molecule has 6 heteroatoms. The van der Waals surface area contributed by atoms with Gasteiger partial charge in [0, 0.05) is 40.8 Å². The van der Waals surface area contributed by atoms with Crippen molar-refractivity contribution in [1.29, 1.82) is 0 Å². The van der Waals surface area contributed by atoms with Gasteiger partial charge in [-0.3, -0.25) is 4.79 Å². The summed E-state index contributed by atoms with van der Waals surface area (Å²) in [4.78, 5) is 18.0. The lowest BCUT2D eigenvalue weighted by Gasteiger charge is -2.31. The van der Waals surface area contributed by atoms with Crippen LogP contribution in [0.25, 0.3) is 10.9 Å². The Kier molecular flexibility index (Phi) is 6.07. The normalized spacial score (nSPS) is 15.5. The van der Waals surface area contributed by atoms with Crippen LogP contribution < -0.4 is 10.1 Å². The van der Waals surface area contributed by atoms with Crippen molar-refractivity contribution >= 4 is 34.1 Å². The predicted molar refractivity (Wildman–Crippen MR) is 118 cm³/mol. The molecule has 2 heterocycles. The first-order valence-electron chi connectivity index (χ1n) is 10.0. The lowest BCUT2D eigenvalue weighted by atomic mass is 9.89. The quantitative estimate of drug-likeness (QED) is 0.597. The van der Waals surface area contributed by atoms with Gasteiger partial charge in [-0.2, -0.15) is 0 Å². The van der Waals surface area contributed by atoms with Crippen LogP contribution >= 0.6 is 11.6 Å². The number of hydrogen-bond acceptors (Lipinski definition) is 3. The van der Waals surface area contributed by atoms with Gasteiger partial charge in [-0.05, 0) is 73.8 Å². The number of aromatic amines is 1. The number of likely N-dealkylation sites (tertiary alicyclic amines) is 1. The van der Waals surface area contributed by atoms with Gasteiger partial charge >= 0.3 is 0 Å². The molecule has 152 valence electrons. The summed E-state index contributed by atoms with van der Waals surface area (Å²) in [5.41, 5.74) is 3.27. The van der Waals surface area contributed by atoms with Crippen molar-refractivity contribution in [2.24, 2.45) is 0 Å². The van der Waals surface area contributed by atoms with E-state index in [1.807, 2.05) is 18.2 Å². The van der Waals surface area contributed by atoms with Gasteiger partial charge in [0.15, 0.2) is 0 Å². The first-order valence-corrected chi connectivity index (χ1v) is 10.4. The SMILES string of the molecule is COc1ccc2[nH]cc(C3CCN(CCC(=O)Nc4cccc(Cl)c4)CC3)c2c1. The molecule has 1 aliphatic heterocycles. The van der Waals surface area contributed by atoms with Gasteiger partial charge in [0.1, 0.15) is 5.75 Å². The highest BCUT2D eigenvalue weighted by molar-refractivity contribution is 6.30. The fourth-order valence-electron chi connectivity index (χ4n) is 4.10. The van der Waals surface area contributed by atoms with Crippen molar-refractivity contribution in [1.82, 2.24) is 9.88 Å². The monoisotopic (exact) mass is 411 g/mol. The van der Waals surface area contributed by atoms with E-state index in [9.17, 15) is 4.79 Å². The first kappa shape index (κ1) is 19.8. The van der Waals surface area contributed by atoms with Crippen LogP contribution in [-0.2, 0) is 4.79 Å². The minimum absolute atomic E-state index is 0.0260. The highest BCUT2D eigenvalue weighted by Crippen LogP contribution is 2.34. The summed E-state index contributed by atoms with van der Waals surface area (Å²) in [5.74, 6) is 1.45. The maximum Gasteiger partial charge on any atom is 0.225 e. The number of methoxy groups -OCH3 is 1. The van der Waals surface area contributed by atoms with Crippen LogP contribution in [0.5, 0.6) is 5.75 Å². The van der Waals surface area contributed by atoms with Gasteiger partial charge < -0.3 is 19.9 Å². The highest BCUT2D eigenvalue weighted by atomic mass is 35.5. The van der Waals surface area contributed by atoms with Crippen molar-refractivity contribution < 1.29 is 9.53 Å². The Morgan fingerprint density at radius 1 is 1.24 bits per heavy atom. The highest BCUT2D eigenvalue weighted by Gasteiger charge is 2.23. The molecular formula is C23H26ClN3O2. The molecule has 5 nitrogen and oxygen atoms in total. The number of aromatic nitrogens is 1. The van der Waals surface area contributed by atoms with Crippen LogP contribution in [0.1, 0.15) is 30.7 Å². The topological polar surface area (TPSA) is 57.4 Å². The molecule has 1 amide bonds. The molecule has 1 aliphatic rings. The average Bonchev–Trinajstić information content (AvgIpc) is 3.16. The Bertz CT molecular complexity index is 993. The molecule has 0 saturated carbocycles. The number of nitrogens with one attached hydrogen (secondary N) is 2. The number of nitrogens with zero attached hydrogens (tertiary/aromatic N) is 1. The third-order valence-corrected chi connectivity index (χ3v) is 5.95. The lowest BCUT2D eigenvalue weighted by Crippen LogP contribution is -2.35. The van der Waals surface area contributed by atoms with E-state index in [2.05, 4.69) is 33.5 Å². The Morgan fingerprint density at radius 3 is 2.83 bits per heavy atom. The van der Waals surface area contributed by atoms with Gasteiger partial charge in [0.25, 0.3) is 0 Å². The number of anilines is 1. The zero-order chi connectivity index (χ0) is 20.2. The van der Waals surface area contributed by atoms with E-state index in [1.165, 1.54) is 10.9 Å². The molecule has 2 N–H and O–H groups in total. The number of carbonyl (C=O) groups is 1. The van der Waals surface area contributed by atoms with Crippen LogP contribution in [-0.4, -0.2) is 42.5 Å². The molecule has 1 aromatic heterocycles. The summed E-state index contributed by atoms with van der Waals surface area (Å²) in [7, 11) is 1.70. The minimum Gasteiger partial charge on any atom is -0.497 e. The van der Waals surface area contributed by atoms with Crippen molar-refractivity contribution in [2.45, 2.75) is 25.2 Å². The van der Waals surface area contributed by atoms with Crippen LogP contribution in [0.2, 0.25) is 5.02 Å². The number of carbonyl (C=O) groups excluding carboxylic acids is 1. The van der Waals surface area contributed by atoms with E-state index in [1.54, 1.807) is 19.2 Å². The van der Waals surface area contributed by atoms with E-state index in [4.69, 9.17) is 16.3 Å². The molecule has 4 rings (SSSR count). The van der Waals surface area contributed by atoms with Gasteiger partial charge in [0.05, 0.1) is 7.11 Å². The molecule has 0 radical (unpaired) electrons. The number of hydrogen-bond donors (Lipinski definition) is 2. The number of fused-ring (bicyclic) bond motifs is 1. The van der Waals surface area contributed by atoms with E-state index in [-0.39, 0.29) is 5.91 Å². The number of piperidine rings is 1. The minimum atomic E-state index is 0.0260. The molecule has 29 heavy (non-hydrogen) atoms. The number of H-pyrrole nitrogens is 1. The number of halogens is 1. The predicted octanol–water partition coefficient (Wildman–Crippen LogP) is 5.04. The van der Waals surface area contributed by atoms with E-state index in [0.717, 1.165) is 49.4 Å². The Labute approximate surface area is 176 Å². The zero-order valence-electron chi connectivity index (χ0n) is 16.6. The second-order valence-corrected chi connectivity index (χ2v) is 8.02. The fraction of sp³-hybridized carbons (Fsp3) is 0.348. The molecule has 1 fully saturated rings. The summed E-state index contributed by atoms with van der Waals surface area (Å²) >= 11 is 5.97. The largest absolute Gasteiger partial charge is 0.497 e. The lowest BCUT2D eigenvalue weighted by molar-refractivity contribution is -0.116. The Hall–Kier alpha value is -2.50. The molecule has 0 aliphatic carbocycles. The van der Waals surface area contributed by atoms with E-state index in [0.29, 0.717) is 17.4 Å². The second kappa shape index (κ2) is 8.89. The van der Waals surface area contributed by atoms with Crippen LogP contribution in [0, 0.1) is 0 Å². The molecule has 0 atom stereocenters. The standard InChI is InChI=1S/C23H26ClN3O2/c1-29-19-5-6-22-20(14-19)21(15-25-22)16-7-10-27(11-8-16)12-9-23(28)26-18-4-2-3-17(24)13-18/h2-6,13-16,25H,7-12H2,1H3,(H,26,28). The molecule has 0 spiro atoms. The van der Waals surface area contributed by atoms with E-state index < -0.39 is 0 Å². The van der Waals surface area contributed by atoms with Crippen LogP contribution in [0.3, 0.4) is 0 Å². The van der Waals surface area contributed by atoms with Gasteiger partial charge in [-0.15, -0.1) is 0 Å². The first-order chi connectivity index (χ1) is 14.1. The van der Waals surface area contributed by atoms with Crippen molar-refractivity contribution in [3.8, 4) is 5.75 Å². The molecule has 2 aromatic carbocycles. The average molecular weight is 412 g/mol. The maximum absolute atomic E-state index is 12.2. The molecule has 0 unspecified atom stereocenters. The molecule has 0 bridgehead atoms. The summed E-state index contributed by atoms with van der Waals surface area (Å²) < 4.78 is 5.39. The summed E-state index contributed by atoms with van der Waals surface area (Å²) in [6.07, 6.45) is 4.82. The smallest absolute Gasteiger partial charge is 0.225 e. The fourth-order valence-corrected chi connectivity index (χ4v) is 4.29. The summed E-state index contributed by atoms with van der Waals surface area (Å²) in [6, 6.07) is 13.4. The van der Waals surface area contributed by atoms with E-state index >= 15 is 0 Å². The third-order valence-electron chi connectivity index (χ3n) is 5.71. The van der Waals surface area contributed by atoms with Crippen molar-refractivity contribution in [3.05, 3.63) is 59.2 Å². The summed E-state index contributed by atoms with van der Waals surface area (Å²) in [6.45, 7) is 2.79. The van der Waals surface area contributed by atoms with Crippen molar-refractivity contribution in [2.75, 3.05) is 32.1 Å². The van der Waals surface area contributed by atoms with Crippen LogP contribution in [0.15, 0.2) is 48.7 Å². The van der Waals surface area contributed by atoms with Gasteiger partial charge in [-0.1, -0.05) is 17.7 Å². The van der Waals surface area contributed by atoms with Crippen molar-refractivity contribution in [3.63, 3.8) is 0 Å². The third kappa shape index (κ3) is 4.74. The number of amides is 1. The number of ether oxygens (including phenoxy) is 1. The number of benzene rings is 2. The second-order valence-electron chi connectivity index (χ2n) is 7.58. The Balaban J connectivity index is 1.29.